The lowest BCUT2D eigenvalue weighted by molar-refractivity contribution is -0.432. The monoisotopic (exact) mass is 249 g/mol. The van der Waals surface area contributed by atoms with Crippen molar-refractivity contribution in [3.05, 3.63) is 28.8 Å². The Labute approximate surface area is 105 Å². The highest BCUT2D eigenvalue weighted by atomic mass is 32.2. The topological polar surface area (TPSA) is 43.1 Å². The van der Waals surface area contributed by atoms with E-state index in [1.54, 1.807) is 0 Å². The minimum Gasteiger partial charge on any atom is -0.539 e. The molecular formula is C13H15NO2S. The molecule has 1 aromatic rings. The maximum atomic E-state index is 11.1. The van der Waals surface area contributed by atoms with Crippen LogP contribution in [0.15, 0.2) is 12.1 Å². The van der Waals surface area contributed by atoms with Crippen LogP contribution in [0.25, 0.3) is 0 Å². The van der Waals surface area contributed by atoms with Crippen LogP contribution in [-0.4, -0.2) is 27.9 Å². The average Bonchev–Trinajstić information content (AvgIpc) is 2.64. The van der Waals surface area contributed by atoms with Gasteiger partial charge in [0.15, 0.2) is 6.54 Å². The van der Waals surface area contributed by atoms with Gasteiger partial charge in [0.1, 0.15) is 5.97 Å². The Kier molecular flexibility index (Phi) is 3.24. The van der Waals surface area contributed by atoms with Gasteiger partial charge in [0.25, 0.3) is 5.04 Å². The number of carbonyl (C=O) groups is 1. The SMILES string of the molecule is Cc1cc(C)c([N+]2=C(C(=O)[O-])SCC2)c(C)c1. The molecule has 90 valence electrons. The number of rotatable bonds is 2. The van der Waals surface area contributed by atoms with Crippen LogP contribution < -0.4 is 5.11 Å². The number of aryl methyl sites for hydroxylation is 3. The van der Waals surface area contributed by atoms with Crippen molar-refractivity contribution in [3.8, 4) is 0 Å². The standard InChI is InChI=1S/C13H15NO2S/c1-8-6-9(2)11(10(3)7-8)14-4-5-17-12(14)13(15)16/h6-7H,4-5H2,1-3H3. The van der Waals surface area contributed by atoms with E-state index >= 15 is 0 Å². The van der Waals surface area contributed by atoms with Crippen LogP contribution in [0.2, 0.25) is 0 Å². The van der Waals surface area contributed by atoms with Crippen molar-refractivity contribution in [2.45, 2.75) is 20.8 Å². The van der Waals surface area contributed by atoms with Gasteiger partial charge in [-0.1, -0.05) is 5.56 Å². The molecule has 2 rings (SSSR count). The fourth-order valence-corrected chi connectivity index (χ4v) is 3.32. The van der Waals surface area contributed by atoms with Crippen LogP contribution in [0.4, 0.5) is 5.69 Å². The fraction of sp³-hybridized carbons (Fsp3) is 0.385. The number of thioether (sulfide) groups is 1. The van der Waals surface area contributed by atoms with Gasteiger partial charge in [0.05, 0.1) is 5.75 Å². The first-order valence-electron chi connectivity index (χ1n) is 5.57. The molecule has 0 N–H and O–H groups in total. The van der Waals surface area contributed by atoms with Gasteiger partial charge in [0, 0.05) is 11.1 Å². The zero-order valence-corrected chi connectivity index (χ0v) is 11.1. The van der Waals surface area contributed by atoms with E-state index in [1.165, 1.54) is 17.3 Å². The number of hydrogen-bond donors (Lipinski definition) is 0. The van der Waals surface area contributed by atoms with Crippen molar-refractivity contribution in [1.82, 2.24) is 0 Å². The molecule has 0 atom stereocenters. The number of nitrogens with zero attached hydrogens (tertiary/aromatic N) is 1. The quantitative estimate of drug-likeness (QED) is 0.739. The third-order valence-electron chi connectivity index (χ3n) is 2.88. The zero-order chi connectivity index (χ0) is 12.6. The van der Waals surface area contributed by atoms with Gasteiger partial charge in [-0.3, -0.25) is 0 Å². The molecule has 17 heavy (non-hydrogen) atoms. The molecule has 0 radical (unpaired) electrons. The Balaban J connectivity index is 2.62. The summed E-state index contributed by atoms with van der Waals surface area (Å²) in [6.45, 7) is 6.82. The van der Waals surface area contributed by atoms with E-state index in [0.29, 0.717) is 5.04 Å². The number of carboxylic acid groups (broad SMARTS) is 1. The maximum Gasteiger partial charge on any atom is 0.263 e. The molecule has 1 aliphatic heterocycles. The lowest BCUT2D eigenvalue weighted by Crippen LogP contribution is -2.33. The number of aliphatic carboxylic acids is 1. The van der Waals surface area contributed by atoms with E-state index in [1.807, 2.05) is 25.3 Å². The number of carbonyl (C=O) groups excluding carboxylic acids is 1. The first kappa shape index (κ1) is 12.2. The van der Waals surface area contributed by atoms with Crippen molar-refractivity contribution in [3.63, 3.8) is 0 Å². The van der Waals surface area contributed by atoms with Crippen LogP contribution in [-0.2, 0) is 4.79 Å². The van der Waals surface area contributed by atoms with Gasteiger partial charge in [0.2, 0.25) is 5.69 Å². The summed E-state index contributed by atoms with van der Waals surface area (Å²) in [4.78, 5) is 11.1. The molecule has 1 aromatic carbocycles. The lowest BCUT2D eigenvalue weighted by Gasteiger charge is -2.08. The van der Waals surface area contributed by atoms with E-state index < -0.39 is 5.97 Å². The minimum absolute atomic E-state index is 0.333. The summed E-state index contributed by atoms with van der Waals surface area (Å²) in [5, 5.41) is 11.4. The van der Waals surface area contributed by atoms with Crippen LogP contribution in [0, 0.1) is 20.8 Å². The summed E-state index contributed by atoms with van der Waals surface area (Å²) in [6.07, 6.45) is 0. The second-order valence-corrected chi connectivity index (χ2v) is 5.42. The summed E-state index contributed by atoms with van der Waals surface area (Å²) >= 11 is 1.36. The second-order valence-electron chi connectivity index (χ2n) is 4.34. The van der Waals surface area contributed by atoms with Crippen molar-refractivity contribution in [2.24, 2.45) is 0 Å². The number of benzene rings is 1. The largest absolute Gasteiger partial charge is 0.539 e. The molecular weight excluding hydrogens is 234 g/mol. The molecule has 0 fully saturated rings. The molecule has 0 aliphatic carbocycles. The molecule has 4 heteroatoms. The first-order valence-corrected chi connectivity index (χ1v) is 6.55. The van der Waals surface area contributed by atoms with Gasteiger partial charge in [-0.25, -0.2) is 0 Å². The van der Waals surface area contributed by atoms with Crippen molar-refractivity contribution in [2.75, 3.05) is 12.3 Å². The van der Waals surface area contributed by atoms with E-state index in [9.17, 15) is 9.90 Å². The van der Waals surface area contributed by atoms with Gasteiger partial charge in [-0.2, -0.15) is 4.58 Å². The van der Waals surface area contributed by atoms with Crippen molar-refractivity contribution >= 4 is 28.5 Å². The van der Waals surface area contributed by atoms with Crippen molar-refractivity contribution < 1.29 is 14.5 Å². The van der Waals surface area contributed by atoms with Crippen LogP contribution in [0.5, 0.6) is 0 Å². The molecule has 0 amide bonds. The van der Waals surface area contributed by atoms with Crippen LogP contribution in [0.1, 0.15) is 16.7 Å². The summed E-state index contributed by atoms with van der Waals surface area (Å²) in [6, 6.07) is 4.16. The molecule has 0 aromatic heterocycles. The predicted molar refractivity (Wildman–Crippen MR) is 67.9 cm³/mol. The number of hydrogen-bond acceptors (Lipinski definition) is 3. The Morgan fingerprint density at radius 3 is 2.41 bits per heavy atom. The Hall–Kier alpha value is -1.29. The first-order chi connectivity index (χ1) is 8.00. The van der Waals surface area contributed by atoms with Gasteiger partial charge in [-0.15, -0.1) is 0 Å². The average molecular weight is 249 g/mol. The smallest absolute Gasteiger partial charge is 0.263 e. The molecule has 0 unspecified atom stereocenters. The van der Waals surface area contributed by atoms with Gasteiger partial charge < -0.3 is 9.90 Å². The van der Waals surface area contributed by atoms with E-state index in [0.717, 1.165) is 29.1 Å². The highest BCUT2D eigenvalue weighted by Gasteiger charge is 2.28. The van der Waals surface area contributed by atoms with Crippen LogP contribution in [0.3, 0.4) is 0 Å². The highest BCUT2D eigenvalue weighted by molar-refractivity contribution is 8.15. The van der Waals surface area contributed by atoms with Crippen LogP contribution >= 0.6 is 11.8 Å². The normalized spacial score (nSPS) is 15.5. The highest BCUT2D eigenvalue weighted by Crippen LogP contribution is 2.29. The molecule has 1 aliphatic rings. The Morgan fingerprint density at radius 2 is 1.88 bits per heavy atom. The maximum absolute atomic E-state index is 11.1. The van der Waals surface area contributed by atoms with Gasteiger partial charge in [-0.05, 0) is 44.7 Å². The lowest BCUT2D eigenvalue weighted by atomic mass is 10.0. The summed E-state index contributed by atoms with van der Waals surface area (Å²) in [5.74, 6) is -0.275. The van der Waals surface area contributed by atoms with Gasteiger partial charge >= 0.3 is 0 Å². The fourth-order valence-electron chi connectivity index (χ4n) is 2.39. The summed E-state index contributed by atoms with van der Waals surface area (Å²) in [5.41, 5.74) is 4.44. The third-order valence-corrected chi connectivity index (χ3v) is 3.93. The van der Waals surface area contributed by atoms with E-state index in [4.69, 9.17) is 0 Å². The Morgan fingerprint density at radius 1 is 1.29 bits per heavy atom. The number of carboxylic acids is 1. The second kappa shape index (κ2) is 4.53. The molecule has 1 heterocycles. The van der Waals surface area contributed by atoms with E-state index in [-0.39, 0.29) is 0 Å². The predicted octanol–water partition coefficient (Wildman–Crippen LogP) is 1.15. The minimum atomic E-state index is -1.08. The Bertz CT molecular complexity index is 497. The molecule has 0 bridgehead atoms. The summed E-state index contributed by atoms with van der Waals surface area (Å²) < 4.78 is 1.87. The molecule has 0 saturated carbocycles. The van der Waals surface area contributed by atoms with Crippen molar-refractivity contribution in [1.29, 1.82) is 0 Å². The molecule has 0 spiro atoms. The third kappa shape index (κ3) is 2.22. The zero-order valence-electron chi connectivity index (χ0n) is 10.2. The van der Waals surface area contributed by atoms with E-state index in [2.05, 4.69) is 12.1 Å². The summed E-state index contributed by atoms with van der Waals surface area (Å²) in [7, 11) is 0. The molecule has 0 saturated heterocycles. The molecule has 3 nitrogen and oxygen atoms in total.